The van der Waals surface area contributed by atoms with Crippen molar-refractivity contribution < 1.29 is 22.0 Å². The summed E-state index contributed by atoms with van der Waals surface area (Å²) >= 11 is 5.34. The molecule has 1 heterocycles. The molecule has 1 aromatic rings. The van der Waals surface area contributed by atoms with Crippen molar-refractivity contribution in [3.63, 3.8) is 0 Å². The summed E-state index contributed by atoms with van der Waals surface area (Å²) in [6, 6.07) is 0.558. The standard InChI is InChI=1S/C8H5ClF5N/c1-4-6(9)5(2-3-15-4)7(10,11)8(12,13)14/h2-3H,1H3. The van der Waals surface area contributed by atoms with Gasteiger partial charge in [0.05, 0.1) is 16.3 Å². The first-order valence-corrected chi connectivity index (χ1v) is 4.12. The fourth-order valence-electron chi connectivity index (χ4n) is 0.944. The van der Waals surface area contributed by atoms with Gasteiger partial charge in [0, 0.05) is 6.20 Å². The topological polar surface area (TPSA) is 12.9 Å². The normalized spacial score (nSPS) is 13.0. The van der Waals surface area contributed by atoms with E-state index in [1.165, 1.54) is 6.92 Å². The van der Waals surface area contributed by atoms with Crippen LogP contribution in [0.15, 0.2) is 12.3 Å². The molecule has 0 N–H and O–H groups in total. The summed E-state index contributed by atoms with van der Waals surface area (Å²) in [5.41, 5.74) is -1.35. The number of nitrogens with zero attached hydrogens (tertiary/aromatic N) is 1. The first-order chi connectivity index (χ1) is 6.68. The van der Waals surface area contributed by atoms with Crippen LogP contribution in [0.2, 0.25) is 5.02 Å². The summed E-state index contributed by atoms with van der Waals surface area (Å²) in [7, 11) is 0. The second kappa shape index (κ2) is 3.59. The van der Waals surface area contributed by atoms with Crippen LogP contribution >= 0.6 is 11.6 Å². The third-order valence-corrected chi connectivity index (χ3v) is 2.23. The molecule has 0 atom stereocenters. The minimum absolute atomic E-state index is 0.0712. The molecular weight excluding hydrogens is 241 g/mol. The molecule has 0 spiro atoms. The first kappa shape index (κ1) is 12.2. The lowest BCUT2D eigenvalue weighted by molar-refractivity contribution is -0.289. The van der Waals surface area contributed by atoms with Gasteiger partial charge in [-0.25, -0.2) is 0 Å². The molecule has 0 amide bonds. The van der Waals surface area contributed by atoms with E-state index in [1.54, 1.807) is 0 Å². The molecular formula is C8H5ClF5N. The van der Waals surface area contributed by atoms with Gasteiger partial charge in [0.25, 0.3) is 0 Å². The van der Waals surface area contributed by atoms with Crippen LogP contribution in [0.3, 0.4) is 0 Å². The Kier molecular flexibility index (Phi) is 2.91. The zero-order valence-electron chi connectivity index (χ0n) is 7.37. The van der Waals surface area contributed by atoms with E-state index in [0.29, 0.717) is 6.07 Å². The van der Waals surface area contributed by atoms with Crippen LogP contribution in [0.25, 0.3) is 0 Å². The van der Waals surface area contributed by atoms with Gasteiger partial charge in [-0.2, -0.15) is 22.0 Å². The van der Waals surface area contributed by atoms with E-state index in [9.17, 15) is 22.0 Å². The summed E-state index contributed by atoms with van der Waals surface area (Å²) in [4.78, 5) is 3.50. The predicted octanol–water partition coefficient (Wildman–Crippen LogP) is 3.70. The van der Waals surface area contributed by atoms with E-state index in [2.05, 4.69) is 4.98 Å². The molecule has 0 aliphatic rings. The smallest absolute Gasteiger partial charge is 0.260 e. The number of aryl methyl sites for hydroxylation is 1. The molecule has 1 nitrogen and oxygen atoms in total. The summed E-state index contributed by atoms with van der Waals surface area (Å²) in [5.74, 6) is -4.96. The Morgan fingerprint density at radius 3 is 2.20 bits per heavy atom. The molecule has 0 aliphatic heterocycles. The van der Waals surface area contributed by atoms with E-state index < -0.39 is 22.7 Å². The Balaban J connectivity index is 3.34. The monoisotopic (exact) mass is 245 g/mol. The highest BCUT2D eigenvalue weighted by Gasteiger charge is 2.59. The molecule has 7 heteroatoms. The largest absolute Gasteiger partial charge is 0.458 e. The molecule has 0 aliphatic carbocycles. The number of hydrogen-bond acceptors (Lipinski definition) is 1. The van der Waals surface area contributed by atoms with Gasteiger partial charge in [-0.3, -0.25) is 4.98 Å². The second-order valence-corrected chi connectivity index (χ2v) is 3.21. The number of pyridine rings is 1. The number of aromatic nitrogens is 1. The van der Waals surface area contributed by atoms with Crippen LogP contribution in [0.5, 0.6) is 0 Å². The van der Waals surface area contributed by atoms with Crippen LogP contribution in [-0.4, -0.2) is 11.2 Å². The van der Waals surface area contributed by atoms with E-state index in [0.717, 1.165) is 6.20 Å². The fraction of sp³-hybridized carbons (Fsp3) is 0.375. The van der Waals surface area contributed by atoms with Crippen molar-refractivity contribution in [2.45, 2.75) is 19.0 Å². The quantitative estimate of drug-likeness (QED) is 0.688. The third kappa shape index (κ3) is 2.04. The van der Waals surface area contributed by atoms with Crippen molar-refractivity contribution in [3.05, 3.63) is 28.5 Å². The minimum Gasteiger partial charge on any atom is -0.260 e. The summed E-state index contributed by atoms with van der Waals surface area (Å²) in [6.07, 6.45) is -4.80. The average molecular weight is 246 g/mol. The van der Waals surface area contributed by atoms with Gasteiger partial charge in [-0.05, 0) is 13.0 Å². The van der Waals surface area contributed by atoms with Gasteiger partial charge in [-0.15, -0.1) is 0 Å². The van der Waals surface area contributed by atoms with E-state index >= 15 is 0 Å². The van der Waals surface area contributed by atoms with Crippen LogP contribution in [-0.2, 0) is 5.92 Å². The SMILES string of the molecule is Cc1nccc(C(F)(F)C(F)(F)F)c1Cl. The average Bonchev–Trinajstić information content (AvgIpc) is 2.07. The van der Waals surface area contributed by atoms with Crippen molar-refractivity contribution in [3.8, 4) is 0 Å². The van der Waals surface area contributed by atoms with Gasteiger partial charge in [0.2, 0.25) is 0 Å². The molecule has 0 saturated carbocycles. The van der Waals surface area contributed by atoms with Crippen molar-refractivity contribution in [2.75, 3.05) is 0 Å². The number of hydrogen-bond donors (Lipinski definition) is 0. The van der Waals surface area contributed by atoms with Crippen molar-refractivity contribution >= 4 is 11.6 Å². The Morgan fingerprint density at radius 2 is 1.73 bits per heavy atom. The second-order valence-electron chi connectivity index (χ2n) is 2.83. The summed E-state index contributed by atoms with van der Waals surface area (Å²) in [6.45, 7) is 1.25. The van der Waals surface area contributed by atoms with Crippen LogP contribution in [0.1, 0.15) is 11.3 Å². The molecule has 1 aromatic heterocycles. The van der Waals surface area contributed by atoms with E-state index in [-0.39, 0.29) is 5.69 Å². The summed E-state index contributed by atoms with van der Waals surface area (Å²) < 4.78 is 61.7. The Hall–Kier alpha value is -0.910. The molecule has 84 valence electrons. The zero-order valence-corrected chi connectivity index (χ0v) is 8.13. The van der Waals surface area contributed by atoms with Gasteiger partial charge < -0.3 is 0 Å². The molecule has 15 heavy (non-hydrogen) atoms. The molecule has 0 radical (unpaired) electrons. The fourth-order valence-corrected chi connectivity index (χ4v) is 1.17. The maximum Gasteiger partial charge on any atom is 0.458 e. The van der Waals surface area contributed by atoms with Crippen molar-refractivity contribution in [2.24, 2.45) is 0 Å². The number of rotatable bonds is 1. The van der Waals surface area contributed by atoms with Crippen molar-refractivity contribution in [1.82, 2.24) is 4.98 Å². The Morgan fingerprint density at radius 1 is 1.20 bits per heavy atom. The molecule has 0 fully saturated rings. The van der Waals surface area contributed by atoms with Gasteiger partial charge in [0.1, 0.15) is 0 Å². The molecule has 0 bridgehead atoms. The van der Waals surface area contributed by atoms with Crippen LogP contribution in [0.4, 0.5) is 22.0 Å². The lowest BCUT2D eigenvalue weighted by Crippen LogP contribution is -2.34. The Labute approximate surface area is 86.9 Å². The Bertz CT molecular complexity index is 374. The highest BCUT2D eigenvalue weighted by atomic mass is 35.5. The zero-order chi connectivity index (χ0) is 11.9. The van der Waals surface area contributed by atoms with E-state index in [1.807, 2.05) is 0 Å². The van der Waals surface area contributed by atoms with Gasteiger partial charge >= 0.3 is 12.1 Å². The number of alkyl halides is 5. The molecule has 0 aromatic carbocycles. The molecule has 1 rings (SSSR count). The molecule has 0 unspecified atom stereocenters. The molecule has 0 saturated heterocycles. The van der Waals surface area contributed by atoms with Crippen molar-refractivity contribution in [1.29, 1.82) is 0 Å². The lowest BCUT2D eigenvalue weighted by atomic mass is 10.1. The maximum atomic E-state index is 12.9. The van der Waals surface area contributed by atoms with Gasteiger partial charge in [0.15, 0.2) is 0 Å². The summed E-state index contributed by atoms with van der Waals surface area (Å²) in [5, 5.41) is -0.667. The highest BCUT2D eigenvalue weighted by Crippen LogP contribution is 2.46. The van der Waals surface area contributed by atoms with Gasteiger partial charge in [-0.1, -0.05) is 11.6 Å². The maximum absolute atomic E-state index is 12.9. The third-order valence-electron chi connectivity index (χ3n) is 1.76. The first-order valence-electron chi connectivity index (χ1n) is 3.74. The number of halogens is 6. The predicted molar refractivity (Wildman–Crippen MR) is 43.9 cm³/mol. The minimum atomic E-state index is -5.66. The van der Waals surface area contributed by atoms with Crippen LogP contribution in [0, 0.1) is 6.92 Å². The lowest BCUT2D eigenvalue weighted by Gasteiger charge is -2.21. The van der Waals surface area contributed by atoms with Crippen LogP contribution < -0.4 is 0 Å². The van der Waals surface area contributed by atoms with E-state index in [4.69, 9.17) is 11.6 Å². The highest BCUT2D eigenvalue weighted by molar-refractivity contribution is 6.32.